The fraction of sp³-hybridized carbons (Fsp3) is 0.222. The van der Waals surface area contributed by atoms with Crippen molar-refractivity contribution < 1.29 is 23.8 Å². The summed E-state index contributed by atoms with van der Waals surface area (Å²) in [5.74, 6) is 0.326. The largest absolute Gasteiger partial charge is 0.497 e. The van der Waals surface area contributed by atoms with Crippen molar-refractivity contribution in [2.75, 3.05) is 14.2 Å². The monoisotopic (exact) mass is 312 g/mol. The molecule has 0 bridgehead atoms. The lowest BCUT2D eigenvalue weighted by atomic mass is 10.1. The zero-order valence-corrected chi connectivity index (χ0v) is 12.9. The highest BCUT2D eigenvalue weighted by atomic mass is 16.5. The third-order valence-corrected chi connectivity index (χ3v) is 3.88. The van der Waals surface area contributed by atoms with E-state index in [9.17, 15) is 9.59 Å². The van der Waals surface area contributed by atoms with Gasteiger partial charge < -0.3 is 14.2 Å². The molecule has 1 atom stereocenters. The minimum atomic E-state index is -0.787. The van der Waals surface area contributed by atoms with Crippen molar-refractivity contribution in [2.24, 2.45) is 5.92 Å². The van der Waals surface area contributed by atoms with Gasteiger partial charge in [0.2, 0.25) is 0 Å². The number of hydrogen-bond donors (Lipinski definition) is 0. The highest BCUT2D eigenvalue weighted by Crippen LogP contribution is 2.37. The van der Waals surface area contributed by atoms with Crippen LogP contribution in [0.5, 0.6) is 17.2 Å². The number of benzene rings is 2. The molecule has 3 rings (SSSR count). The Kier molecular flexibility index (Phi) is 4.02. The van der Waals surface area contributed by atoms with Crippen molar-refractivity contribution in [2.45, 2.75) is 6.42 Å². The van der Waals surface area contributed by atoms with E-state index in [4.69, 9.17) is 14.2 Å². The van der Waals surface area contributed by atoms with E-state index in [2.05, 4.69) is 0 Å². The van der Waals surface area contributed by atoms with Gasteiger partial charge in [0.25, 0.3) is 0 Å². The maximum atomic E-state index is 12.3. The van der Waals surface area contributed by atoms with Crippen molar-refractivity contribution in [1.82, 2.24) is 0 Å². The van der Waals surface area contributed by atoms with Crippen LogP contribution in [0.25, 0.3) is 0 Å². The summed E-state index contributed by atoms with van der Waals surface area (Å²) in [7, 11) is 2.87. The Hall–Kier alpha value is -2.82. The number of carbonyl (C=O) groups excluding carboxylic acids is 2. The molecule has 0 amide bonds. The smallest absolute Gasteiger partial charge is 0.316 e. The van der Waals surface area contributed by atoms with Gasteiger partial charge in [-0.15, -0.1) is 0 Å². The Morgan fingerprint density at radius 1 is 1.09 bits per heavy atom. The van der Waals surface area contributed by atoms with Gasteiger partial charge in [-0.25, -0.2) is 0 Å². The number of ether oxygens (including phenoxy) is 3. The van der Waals surface area contributed by atoms with E-state index in [-0.39, 0.29) is 5.78 Å². The van der Waals surface area contributed by atoms with Crippen molar-refractivity contribution in [1.29, 1.82) is 0 Å². The van der Waals surface area contributed by atoms with Gasteiger partial charge >= 0.3 is 5.97 Å². The molecule has 0 N–H and O–H groups in total. The Morgan fingerprint density at radius 3 is 2.57 bits per heavy atom. The van der Waals surface area contributed by atoms with Gasteiger partial charge in [0.1, 0.15) is 23.2 Å². The summed E-state index contributed by atoms with van der Waals surface area (Å²) in [6.45, 7) is 0. The lowest BCUT2D eigenvalue weighted by molar-refractivity contribution is -0.143. The highest BCUT2D eigenvalue weighted by Gasteiger charge is 2.38. The third kappa shape index (κ3) is 2.77. The molecule has 5 nitrogen and oxygen atoms in total. The summed E-state index contributed by atoms with van der Waals surface area (Å²) in [5, 5.41) is 0. The normalized spacial score (nSPS) is 15.9. The van der Waals surface area contributed by atoms with Crippen LogP contribution >= 0.6 is 0 Å². The molecule has 0 unspecified atom stereocenters. The van der Waals surface area contributed by atoms with E-state index >= 15 is 0 Å². The Balaban J connectivity index is 1.92. The Labute approximate surface area is 133 Å². The first-order valence-corrected chi connectivity index (χ1v) is 7.20. The van der Waals surface area contributed by atoms with E-state index in [1.54, 1.807) is 37.4 Å². The van der Waals surface area contributed by atoms with Crippen LogP contribution in [0.4, 0.5) is 0 Å². The number of hydrogen-bond acceptors (Lipinski definition) is 5. The van der Waals surface area contributed by atoms with Gasteiger partial charge in [0, 0.05) is 17.2 Å². The predicted octanol–water partition coefficient (Wildman–Crippen LogP) is 3.02. The van der Waals surface area contributed by atoms with E-state index in [1.165, 1.54) is 7.11 Å². The number of esters is 1. The third-order valence-electron chi connectivity index (χ3n) is 3.88. The molecule has 1 aliphatic rings. The number of methoxy groups -OCH3 is 2. The second-order valence-corrected chi connectivity index (χ2v) is 5.21. The molecule has 2 aromatic rings. The molecule has 0 saturated heterocycles. The zero-order valence-electron chi connectivity index (χ0n) is 12.9. The molecule has 0 heterocycles. The maximum Gasteiger partial charge on any atom is 0.316 e. The quantitative estimate of drug-likeness (QED) is 0.641. The summed E-state index contributed by atoms with van der Waals surface area (Å²) in [4.78, 5) is 24.1. The summed E-state index contributed by atoms with van der Waals surface area (Å²) in [6.07, 6.45) is 0.293. The van der Waals surface area contributed by atoms with Crippen LogP contribution in [0.2, 0.25) is 0 Å². The molecular formula is C18H16O5. The number of fused-ring (bicyclic) bond motifs is 1. The molecule has 2 aromatic carbocycles. The van der Waals surface area contributed by atoms with Crippen molar-refractivity contribution >= 4 is 11.8 Å². The average Bonchev–Trinajstić information content (AvgIpc) is 2.92. The fourth-order valence-corrected chi connectivity index (χ4v) is 2.71. The van der Waals surface area contributed by atoms with Crippen molar-refractivity contribution in [3.8, 4) is 17.2 Å². The van der Waals surface area contributed by atoms with E-state index in [0.29, 0.717) is 29.2 Å². The van der Waals surface area contributed by atoms with Crippen LogP contribution in [0.3, 0.4) is 0 Å². The Morgan fingerprint density at radius 2 is 1.83 bits per heavy atom. The first-order chi connectivity index (χ1) is 11.1. The number of ketones is 1. The number of carbonyl (C=O) groups is 2. The van der Waals surface area contributed by atoms with Crippen LogP contribution in [-0.2, 0) is 16.0 Å². The average molecular weight is 312 g/mol. The minimum Gasteiger partial charge on any atom is -0.497 e. The molecule has 0 aliphatic heterocycles. The number of rotatable bonds is 4. The molecule has 0 radical (unpaired) electrons. The summed E-state index contributed by atoms with van der Waals surface area (Å²) >= 11 is 0. The van der Waals surface area contributed by atoms with Crippen molar-refractivity contribution in [3.05, 3.63) is 53.6 Å². The van der Waals surface area contributed by atoms with Crippen LogP contribution in [0.15, 0.2) is 42.5 Å². The molecule has 0 saturated carbocycles. The molecule has 1 aliphatic carbocycles. The van der Waals surface area contributed by atoms with Gasteiger partial charge in [-0.3, -0.25) is 9.59 Å². The summed E-state index contributed by atoms with van der Waals surface area (Å²) < 4.78 is 15.8. The summed E-state index contributed by atoms with van der Waals surface area (Å²) in [6, 6.07) is 12.4. The SMILES string of the molecule is COC(=O)[C@@H]1Cc2c(Oc3cccc(OC)c3)cccc2C1=O. The van der Waals surface area contributed by atoms with E-state index in [0.717, 1.165) is 5.56 Å². The lowest BCUT2D eigenvalue weighted by Gasteiger charge is -2.10. The standard InChI is InChI=1S/C18H16O5/c1-21-11-5-3-6-12(9-11)23-16-8-4-7-13-14(16)10-15(17(13)19)18(20)22-2/h3-9,15H,10H2,1-2H3/t15-/m1/s1. The molecule has 0 fully saturated rings. The topological polar surface area (TPSA) is 61.8 Å². The van der Waals surface area contributed by atoms with Gasteiger partial charge in [-0.05, 0) is 24.6 Å². The molecule has 5 heteroatoms. The lowest BCUT2D eigenvalue weighted by Crippen LogP contribution is -2.21. The van der Waals surface area contributed by atoms with Crippen molar-refractivity contribution in [3.63, 3.8) is 0 Å². The van der Waals surface area contributed by atoms with Crippen LogP contribution < -0.4 is 9.47 Å². The van der Waals surface area contributed by atoms with Crippen LogP contribution in [-0.4, -0.2) is 26.0 Å². The van der Waals surface area contributed by atoms with Crippen LogP contribution in [0.1, 0.15) is 15.9 Å². The molecule has 23 heavy (non-hydrogen) atoms. The molecule has 0 spiro atoms. The number of Topliss-reactive ketones (excluding diaryl/α,β-unsaturated/α-hetero) is 1. The molecular weight excluding hydrogens is 296 g/mol. The van der Waals surface area contributed by atoms with Gasteiger partial charge in [0.15, 0.2) is 5.78 Å². The maximum absolute atomic E-state index is 12.3. The second kappa shape index (κ2) is 6.12. The second-order valence-electron chi connectivity index (χ2n) is 5.21. The first-order valence-electron chi connectivity index (χ1n) is 7.20. The fourth-order valence-electron chi connectivity index (χ4n) is 2.71. The predicted molar refractivity (Wildman–Crippen MR) is 83.1 cm³/mol. The zero-order chi connectivity index (χ0) is 16.4. The molecule has 0 aromatic heterocycles. The van der Waals surface area contributed by atoms with Gasteiger partial charge in [-0.2, -0.15) is 0 Å². The summed E-state index contributed by atoms with van der Waals surface area (Å²) in [5.41, 5.74) is 1.25. The van der Waals surface area contributed by atoms with Crippen LogP contribution in [0, 0.1) is 5.92 Å². The van der Waals surface area contributed by atoms with E-state index < -0.39 is 11.9 Å². The van der Waals surface area contributed by atoms with E-state index in [1.807, 2.05) is 12.1 Å². The Bertz CT molecular complexity index is 766. The van der Waals surface area contributed by atoms with Gasteiger partial charge in [0.05, 0.1) is 14.2 Å². The minimum absolute atomic E-state index is 0.219. The molecule has 118 valence electrons. The van der Waals surface area contributed by atoms with Gasteiger partial charge in [-0.1, -0.05) is 18.2 Å². The highest BCUT2D eigenvalue weighted by molar-refractivity contribution is 6.12. The first kappa shape index (κ1) is 15.1.